The molecule has 0 radical (unpaired) electrons. The maximum absolute atomic E-state index is 13.4. The van der Waals surface area contributed by atoms with Gasteiger partial charge in [-0.2, -0.15) is 0 Å². The van der Waals surface area contributed by atoms with Crippen molar-refractivity contribution in [2.75, 3.05) is 19.0 Å². The van der Waals surface area contributed by atoms with Crippen LogP contribution >= 0.6 is 15.9 Å². The van der Waals surface area contributed by atoms with E-state index in [1.54, 1.807) is 12.1 Å². The van der Waals surface area contributed by atoms with Crippen LogP contribution in [0.5, 0.6) is 0 Å². The Hall–Kier alpha value is -1.92. The summed E-state index contributed by atoms with van der Waals surface area (Å²) in [5, 5.41) is 20.1. The van der Waals surface area contributed by atoms with Crippen LogP contribution in [0.1, 0.15) is 29.8 Å². The normalized spacial score (nSPS) is 12.5. The van der Waals surface area contributed by atoms with Gasteiger partial charge in [0.2, 0.25) is 10.0 Å². The second-order valence-corrected chi connectivity index (χ2v) is 8.67. The summed E-state index contributed by atoms with van der Waals surface area (Å²) in [7, 11) is -3.51. The number of hydrogen-bond acceptors (Lipinski definition) is 7. The van der Waals surface area contributed by atoms with Crippen molar-refractivity contribution in [3.63, 3.8) is 0 Å². The molecule has 0 spiro atoms. The van der Waals surface area contributed by atoms with Crippen molar-refractivity contribution >= 4 is 31.7 Å². The van der Waals surface area contributed by atoms with Crippen LogP contribution in [0.25, 0.3) is 0 Å². The van der Waals surface area contributed by atoms with Crippen molar-refractivity contribution in [1.29, 1.82) is 0 Å². The van der Waals surface area contributed by atoms with E-state index in [9.17, 15) is 22.4 Å². The van der Waals surface area contributed by atoms with E-state index in [2.05, 4.69) is 36.1 Å². The Morgan fingerprint density at radius 2 is 2.11 bits per heavy atom. The van der Waals surface area contributed by atoms with Gasteiger partial charge in [0.15, 0.2) is 5.69 Å². The predicted molar refractivity (Wildman–Crippen MR) is 101 cm³/mol. The quantitative estimate of drug-likeness (QED) is 0.221. The maximum Gasteiger partial charge on any atom is 0.211 e. The molecule has 0 saturated heterocycles. The summed E-state index contributed by atoms with van der Waals surface area (Å²) < 4.78 is 55.8. The molecule has 1 aromatic carbocycles. The summed E-state index contributed by atoms with van der Waals surface area (Å²) in [4.78, 5) is 0. The van der Waals surface area contributed by atoms with Gasteiger partial charge in [-0.1, -0.05) is 16.4 Å². The number of hydrogen-bond donors (Lipinski definition) is 2. The van der Waals surface area contributed by atoms with Crippen molar-refractivity contribution in [1.82, 2.24) is 15.0 Å². The molecule has 0 aliphatic heterocycles. The summed E-state index contributed by atoms with van der Waals surface area (Å²) in [6.07, 6.45) is 1.30. The molecular formula is C16H19BrF2N4O4S. The van der Waals surface area contributed by atoms with Crippen LogP contribution in [-0.4, -0.2) is 48.6 Å². The third kappa shape index (κ3) is 6.60. The lowest BCUT2D eigenvalue weighted by Gasteiger charge is -2.06. The van der Waals surface area contributed by atoms with Gasteiger partial charge in [-0.05, 0) is 58.0 Å². The van der Waals surface area contributed by atoms with Gasteiger partial charge in [0, 0.05) is 13.0 Å². The molecule has 0 saturated carbocycles. The van der Waals surface area contributed by atoms with Gasteiger partial charge in [-0.25, -0.2) is 26.5 Å². The van der Waals surface area contributed by atoms with Crippen LogP contribution in [0.15, 0.2) is 32.5 Å². The lowest BCUT2D eigenvalue weighted by molar-refractivity contribution is 0.300. The second kappa shape index (κ2) is 10.6. The molecule has 2 aromatic rings. The fourth-order valence-electron chi connectivity index (χ4n) is 2.45. The fourth-order valence-corrected chi connectivity index (χ4v) is 3.99. The number of benzene rings is 1. The number of aryl methyl sites for hydroxylation is 1. The molecule has 1 aromatic heterocycles. The zero-order valence-electron chi connectivity index (χ0n) is 14.7. The molecule has 0 atom stereocenters. The number of alkyl halides is 1. The molecule has 1 heterocycles. The summed E-state index contributed by atoms with van der Waals surface area (Å²) in [6.45, 7) is -1.00. The Morgan fingerprint density at radius 3 is 2.79 bits per heavy atom. The molecular weight excluding hydrogens is 462 g/mol. The first kappa shape index (κ1) is 22.4. The van der Waals surface area contributed by atoms with E-state index in [0.29, 0.717) is 30.5 Å². The van der Waals surface area contributed by atoms with Crippen LogP contribution in [0.2, 0.25) is 0 Å². The number of oxime groups is 1. The maximum atomic E-state index is 13.4. The summed E-state index contributed by atoms with van der Waals surface area (Å²) >= 11 is 3.10. The highest BCUT2D eigenvalue weighted by Gasteiger charge is 2.18. The zero-order valence-corrected chi connectivity index (χ0v) is 17.1. The smallest absolute Gasteiger partial charge is 0.211 e. The number of nitrogens with zero attached hydrogens (tertiary/aromatic N) is 3. The van der Waals surface area contributed by atoms with E-state index >= 15 is 0 Å². The van der Waals surface area contributed by atoms with Crippen LogP contribution in [0.3, 0.4) is 0 Å². The highest BCUT2D eigenvalue weighted by atomic mass is 79.9. The van der Waals surface area contributed by atoms with Crippen LogP contribution in [0, 0.1) is 5.82 Å². The Kier molecular flexibility index (Phi) is 8.45. The minimum absolute atomic E-state index is 0.141. The molecule has 8 nitrogen and oxygen atoms in total. The molecule has 0 unspecified atom stereocenters. The highest BCUT2D eigenvalue weighted by Crippen LogP contribution is 2.19. The van der Waals surface area contributed by atoms with E-state index < -0.39 is 22.5 Å². The Labute approximate surface area is 169 Å². The molecule has 0 fully saturated rings. The highest BCUT2D eigenvalue weighted by molar-refractivity contribution is 9.10. The molecule has 2 N–H and O–H groups in total. The fraction of sp³-hybridized carbons (Fsp3) is 0.438. The first-order chi connectivity index (χ1) is 13.4. The third-order valence-electron chi connectivity index (χ3n) is 3.80. The average molecular weight is 481 g/mol. The van der Waals surface area contributed by atoms with Crippen molar-refractivity contribution in [2.24, 2.45) is 5.16 Å². The Balaban J connectivity index is 1.96. The van der Waals surface area contributed by atoms with Crippen LogP contribution in [0.4, 0.5) is 8.78 Å². The van der Waals surface area contributed by atoms with E-state index in [4.69, 9.17) is 4.63 Å². The molecule has 0 bridgehead atoms. The van der Waals surface area contributed by atoms with Gasteiger partial charge in [-0.3, -0.25) is 0 Å². The van der Waals surface area contributed by atoms with E-state index in [-0.39, 0.29) is 34.6 Å². The third-order valence-corrected chi connectivity index (χ3v) is 5.88. The minimum Gasteiger partial charge on any atom is -0.411 e. The topological polar surface area (TPSA) is 118 Å². The zero-order chi connectivity index (χ0) is 20.6. The molecule has 0 aliphatic carbocycles. The summed E-state index contributed by atoms with van der Waals surface area (Å²) in [6, 6.07) is 4.39. The van der Waals surface area contributed by atoms with Crippen LogP contribution < -0.4 is 4.72 Å². The Bertz CT molecular complexity index is 921. The molecule has 0 amide bonds. The number of sulfonamides is 1. The van der Waals surface area contributed by atoms with Gasteiger partial charge < -0.3 is 5.21 Å². The number of aromatic nitrogens is 2. The lowest BCUT2D eigenvalue weighted by Crippen LogP contribution is -2.28. The Morgan fingerprint density at radius 1 is 1.32 bits per heavy atom. The van der Waals surface area contributed by atoms with Gasteiger partial charge in [-0.15, -0.1) is 0 Å². The van der Waals surface area contributed by atoms with Gasteiger partial charge in [0.05, 0.1) is 10.2 Å². The molecule has 154 valence electrons. The lowest BCUT2D eigenvalue weighted by atomic mass is 10.0. The molecule has 0 aliphatic rings. The van der Waals surface area contributed by atoms with Crippen LogP contribution in [-0.2, 0) is 22.9 Å². The average Bonchev–Trinajstić information content (AvgIpc) is 3.13. The first-order valence-corrected chi connectivity index (χ1v) is 10.8. The number of nitrogens with one attached hydrogen (secondary N) is 1. The number of unbranched alkanes of at least 4 members (excludes halogenated alkanes) is 1. The number of rotatable bonds is 11. The van der Waals surface area contributed by atoms with Gasteiger partial charge >= 0.3 is 0 Å². The van der Waals surface area contributed by atoms with Gasteiger partial charge in [0.25, 0.3) is 0 Å². The van der Waals surface area contributed by atoms with E-state index in [1.165, 1.54) is 6.07 Å². The monoisotopic (exact) mass is 480 g/mol. The number of halogens is 3. The summed E-state index contributed by atoms with van der Waals surface area (Å²) in [5.41, 5.74) is 1.54. The van der Waals surface area contributed by atoms with Crippen molar-refractivity contribution in [3.05, 3.63) is 45.4 Å². The second-order valence-electron chi connectivity index (χ2n) is 5.89. The van der Waals surface area contributed by atoms with Crippen molar-refractivity contribution < 1.29 is 27.0 Å². The first-order valence-electron chi connectivity index (χ1n) is 8.36. The molecule has 28 heavy (non-hydrogen) atoms. The van der Waals surface area contributed by atoms with Crippen molar-refractivity contribution in [2.45, 2.75) is 25.7 Å². The van der Waals surface area contributed by atoms with Crippen molar-refractivity contribution in [3.8, 4) is 0 Å². The SMILES string of the molecule is O=S(=O)(CCCCc1nonc1/C(Cc1ccc(F)c(Br)c1)=N/O)NCCF. The van der Waals surface area contributed by atoms with E-state index in [1.807, 2.05) is 0 Å². The van der Waals surface area contributed by atoms with Gasteiger partial charge in [0.1, 0.15) is 23.9 Å². The molecule has 2 rings (SSSR count). The standard InChI is InChI=1S/C16H19BrF2N4O4S/c17-12-9-11(4-5-13(12)19)10-15(21-24)16-14(22-27-23-16)3-1-2-8-28(25,26)20-7-6-18/h4-5,9,20,24H,1-3,6-8,10H2/b21-15+. The largest absolute Gasteiger partial charge is 0.411 e. The van der Waals surface area contributed by atoms with E-state index in [0.717, 1.165) is 0 Å². The minimum atomic E-state index is -3.51. The summed E-state index contributed by atoms with van der Waals surface area (Å²) in [5.74, 6) is -0.552. The molecule has 12 heteroatoms. The predicted octanol–water partition coefficient (Wildman–Crippen LogP) is 2.60.